The van der Waals surface area contributed by atoms with Crippen molar-refractivity contribution in [3.8, 4) is 5.75 Å². The zero-order valence-corrected chi connectivity index (χ0v) is 7.08. The zero-order valence-electron chi connectivity index (χ0n) is 7.08. The fourth-order valence-electron chi connectivity index (χ4n) is 1.09. The van der Waals surface area contributed by atoms with Gasteiger partial charge in [0.05, 0.1) is 6.20 Å². The molecule has 0 atom stereocenters. The molecule has 0 fully saturated rings. The van der Waals surface area contributed by atoms with Gasteiger partial charge in [0.15, 0.2) is 6.29 Å². The van der Waals surface area contributed by atoms with E-state index in [1.807, 2.05) is 0 Å². The highest BCUT2D eigenvalue weighted by Gasteiger charge is 2.19. The lowest BCUT2D eigenvalue weighted by atomic mass is 10.1. The number of alkyl halides is 2. The minimum atomic E-state index is -2.86. The second kappa shape index (κ2) is 4.10. The largest absolute Gasteiger partial charge is 0.506 e. The van der Waals surface area contributed by atoms with E-state index in [0.29, 0.717) is 0 Å². The number of nitrogens with zero attached hydrogens (tertiary/aromatic N) is 1. The first kappa shape index (κ1) is 10.5. The van der Waals surface area contributed by atoms with Crippen molar-refractivity contribution < 1.29 is 18.7 Å². The van der Waals surface area contributed by atoms with Crippen LogP contribution in [0.1, 0.15) is 28.0 Å². The lowest BCUT2D eigenvalue weighted by molar-refractivity contribution is 0.110. The Labute approximate surface area is 78.4 Å². The van der Waals surface area contributed by atoms with Crippen LogP contribution in [0.25, 0.3) is 0 Å². The van der Waals surface area contributed by atoms with Crippen LogP contribution < -0.4 is 5.73 Å². The first-order valence-electron chi connectivity index (χ1n) is 3.76. The lowest BCUT2D eigenvalue weighted by Crippen LogP contribution is -2.07. The van der Waals surface area contributed by atoms with Gasteiger partial charge in [0, 0.05) is 17.7 Å². The van der Waals surface area contributed by atoms with Gasteiger partial charge in [-0.05, 0) is 0 Å². The van der Waals surface area contributed by atoms with Crippen molar-refractivity contribution in [3.63, 3.8) is 0 Å². The molecule has 1 aromatic rings. The van der Waals surface area contributed by atoms with Crippen LogP contribution >= 0.6 is 0 Å². The maximum Gasteiger partial charge on any atom is 0.281 e. The van der Waals surface area contributed by atoms with Crippen molar-refractivity contribution in [2.45, 2.75) is 13.0 Å². The number of carbonyl (C=O) groups excluding carboxylic acids is 1. The smallest absolute Gasteiger partial charge is 0.281 e. The van der Waals surface area contributed by atoms with Gasteiger partial charge in [0.25, 0.3) is 6.43 Å². The Bertz CT molecular complexity index is 355. The molecular weight excluding hydrogens is 194 g/mol. The monoisotopic (exact) mass is 202 g/mol. The summed E-state index contributed by atoms with van der Waals surface area (Å²) in [5.41, 5.74) is 4.21. The number of rotatable bonds is 3. The molecule has 0 aliphatic carbocycles. The van der Waals surface area contributed by atoms with Gasteiger partial charge in [-0.15, -0.1) is 0 Å². The van der Waals surface area contributed by atoms with E-state index in [1.54, 1.807) is 0 Å². The first-order valence-corrected chi connectivity index (χ1v) is 3.76. The summed E-state index contributed by atoms with van der Waals surface area (Å²) in [5.74, 6) is -0.348. The maximum absolute atomic E-state index is 12.3. The van der Waals surface area contributed by atoms with E-state index in [4.69, 9.17) is 5.73 Å². The molecule has 3 N–H and O–H groups in total. The molecule has 0 radical (unpaired) electrons. The van der Waals surface area contributed by atoms with Crippen LogP contribution in [0.5, 0.6) is 5.75 Å². The first-order chi connectivity index (χ1) is 6.61. The fourth-order valence-corrected chi connectivity index (χ4v) is 1.09. The van der Waals surface area contributed by atoms with Crippen LogP contribution in [0.3, 0.4) is 0 Å². The summed E-state index contributed by atoms with van der Waals surface area (Å²) in [7, 11) is 0. The molecule has 0 aromatic carbocycles. The molecule has 0 aliphatic heterocycles. The predicted molar refractivity (Wildman–Crippen MR) is 44.1 cm³/mol. The van der Waals surface area contributed by atoms with E-state index in [1.165, 1.54) is 0 Å². The van der Waals surface area contributed by atoms with E-state index in [-0.39, 0.29) is 29.7 Å². The summed E-state index contributed by atoms with van der Waals surface area (Å²) in [6.07, 6.45) is -1.78. The maximum atomic E-state index is 12.3. The van der Waals surface area contributed by atoms with Crippen molar-refractivity contribution in [2.24, 2.45) is 5.73 Å². The quantitative estimate of drug-likeness (QED) is 0.717. The van der Waals surface area contributed by atoms with Gasteiger partial charge in [0.2, 0.25) is 0 Å². The highest BCUT2D eigenvalue weighted by molar-refractivity contribution is 5.80. The summed E-state index contributed by atoms with van der Waals surface area (Å²) in [6.45, 7) is -0.192. The molecule has 0 saturated carbocycles. The third-order valence-electron chi connectivity index (χ3n) is 1.76. The molecule has 0 spiro atoms. The summed E-state index contributed by atoms with van der Waals surface area (Å²) in [6, 6.07) is 0. The highest BCUT2D eigenvalue weighted by atomic mass is 19.3. The molecule has 76 valence electrons. The van der Waals surface area contributed by atoms with Gasteiger partial charge in [-0.1, -0.05) is 0 Å². The minimum absolute atomic E-state index is 0.00898. The van der Waals surface area contributed by atoms with Gasteiger partial charge < -0.3 is 10.8 Å². The van der Waals surface area contributed by atoms with Crippen molar-refractivity contribution in [1.29, 1.82) is 0 Å². The normalized spacial score (nSPS) is 10.6. The number of hydrogen-bond acceptors (Lipinski definition) is 4. The van der Waals surface area contributed by atoms with Crippen LogP contribution in [-0.4, -0.2) is 16.4 Å². The van der Waals surface area contributed by atoms with E-state index >= 15 is 0 Å². The topological polar surface area (TPSA) is 76.2 Å². The van der Waals surface area contributed by atoms with E-state index in [2.05, 4.69) is 4.98 Å². The average Bonchev–Trinajstić information content (AvgIpc) is 2.16. The Balaban J connectivity index is 3.40. The molecule has 0 unspecified atom stereocenters. The molecule has 14 heavy (non-hydrogen) atoms. The fraction of sp³-hybridized carbons (Fsp3) is 0.250. The summed E-state index contributed by atoms with van der Waals surface area (Å²) in [5, 5.41) is 9.18. The van der Waals surface area contributed by atoms with Crippen molar-refractivity contribution in [1.82, 2.24) is 4.98 Å². The SMILES string of the molecule is NCc1c(O)cnc(C(F)F)c1C=O. The number of aromatic nitrogens is 1. The van der Waals surface area contributed by atoms with Crippen molar-refractivity contribution >= 4 is 6.29 Å². The highest BCUT2D eigenvalue weighted by Crippen LogP contribution is 2.26. The molecule has 0 aliphatic rings. The second-order valence-electron chi connectivity index (χ2n) is 2.54. The number of aromatic hydroxyl groups is 1. The number of hydrogen-bond donors (Lipinski definition) is 2. The number of nitrogens with two attached hydrogens (primary N) is 1. The molecule has 1 heterocycles. The second-order valence-corrected chi connectivity index (χ2v) is 2.54. The minimum Gasteiger partial charge on any atom is -0.506 e. The standard InChI is InChI=1S/C8H8F2N2O2/c9-8(10)7-5(3-13)4(1-11)6(14)2-12-7/h2-3,8,14H,1,11H2. The predicted octanol–water partition coefficient (Wildman–Crippen LogP) is 0.996. The van der Waals surface area contributed by atoms with E-state index in [0.717, 1.165) is 6.20 Å². The Morgan fingerprint density at radius 3 is 2.71 bits per heavy atom. The molecule has 0 amide bonds. The molecule has 1 aromatic heterocycles. The van der Waals surface area contributed by atoms with Crippen molar-refractivity contribution in [2.75, 3.05) is 0 Å². The summed E-state index contributed by atoms with van der Waals surface area (Å²) in [4.78, 5) is 13.8. The van der Waals surface area contributed by atoms with Crippen LogP contribution in [-0.2, 0) is 6.54 Å². The van der Waals surface area contributed by atoms with Crippen LogP contribution in [0.15, 0.2) is 6.20 Å². The van der Waals surface area contributed by atoms with Crippen molar-refractivity contribution in [3.05, 3.63) is 23.0 Å². The molecule has 0 bridgehead atoms. The molecular formula is C8H8F2N2O2. The Morgan fingerprint density at radius 2 is 2.29 bits per heavy atom. The molecule has 4 nitrogen and oxygen atoms in total. The van der Waals surface area contributed by atoms with Gasteiger partial charge in [-0.2, -0.15) is 0 Å². The van der Waals surface area contributed by atoms with Crippen LogP contribution in [0.4, 0.5) is 8.78 Å². The van der Waals surface area contributed by atoms with Gasteiger partial charge in [0.1, 0.15) is 11.4 Å². The van der Waals surface area contributed by atoms with Gasteiger partial charge in [-0.25, -0.2) is 8.78 Å². The van der Waals surface area contributed by atoms with Crippen LogP contribution in [0.2, 0.25) is 0 Å². The van der Waals surface area contributed by atoms with Gasteiger partial charge in [-0.3, -0.25) is 9.78 Å². The van der Waals surface area contributed by atoms with E-state index < -0.39 is 12.1 Å². The Hall–Kier alpha value is -1.56. The Morgan fingerprint density at radius 1 is 1.64 bits per heavy atom. The molecule has 1 rings (SSSR count). The third kappa shape index (κ3) is 1.69. The lowest BCUT2D eigenvalue weighted by Gasteiger charge is -2.08. The molecule has 6 heteroatoms. The summed E-state index contributed by atoms with van der Waals surface area (Å²) >= 11 is 0. The van der Waals surface area contributed by atoms with E-state index in [9.17, 15) is 18.7 Å². The van der Waals surface area contributed by atoms with Crippen LogP contribution in [0, 0.1) is 0 Å². The summed E-state index contributed by atoms with van der Waals surface area (Å²) < 4.78 is 24.6. The third-order valence-corrected chi connectivity index (χ3v) is 1.76. The Kier molecular flexibility index (Phi) is 3.08. The number of pyridine rings is 1. The zero-order chi connectivity index (χ0) is 10.7. The number of carbonyl (C=O) groups is 1. The van der Waals surface area contributed by atoms with Gasteiger partial charge >= 0.3 is 0 Å². The average molecular weight is 202 g/mol. The molecule has 0 saturated heterocycles. The number of halogens is 2. The number of aldehydes is 1.